The smallest absolute Gasteiger partial charge is 0.270 e. The number of nitrogens with zero attached hydrogens (tertiary/aromatic N) is 4. The highest BCUT2D eigenvalue weighted by molar-refractivity contribution is 5.92. The van der Waals surface area contributed by atoms with E-state index in [1.54, 1.807) is 12.3 Å². The molecule has 1 aliphatic rings. The molecule has 1 amide bonds. The molecule has 0 radical (unpaired) electrons. The molecule has 0 aliphatic carbocycles. The first-order valence-electron chi connectivity index (χ1n) is 8.91. The predicted molar refractivity (Wildman–Crippen MR) is 94.4 cm³/mol. The van der Waals surface area contributed by atoms with Crippen molar-refractivity contribution in [1.29, 1.82) is 0 Å². The van der Waals surface area contributed by atoms with E-state index < -0.39 is 0 Å². The van der Waals surface area contributed by atoms with Gasteiger partial charge in [-0.1, -0.05) is 13.8 Å². The average molecular weight is 335 g/mol. The third kappa shape index (κ3) is 5.72. The van der Waals surface area contributed by atoms with Gasteiger partial charge in [-0.25, -0.2) is 9.97 Å². The number of anilines is 1. The molecule has 0 saturated carbocycles. The number of rotatable bonds is 9. The van der Waals surface area contributed by atoms with Crippen LogP contribution in [0.3, 0.4) is 0 Å². The summed E-state index contributed by atoms with van der Waals surface area (Å²) < 4.78 is 5.32. The van der Waals surface area contributed by atoms with E-state index in [0.29, 0.717) is 18.2 Å². The van der Waals surface area contributed by atoms with E-state index in [-0.39, 0.29) is 5.91 Å². The Balaban J connectivity index is 1.87. The molecule has 134 valence electrons. The first kappa shape index (κ1) is 18.6. The zero-order valence-electron chi connectivity index (χ0n) is 14.8. The maximum Gasteiger partial charge on any atom is 0.270 e. The van der Waals surface area contributed by atoms with Crippen LogP contribution in [0.25, 0.3) is 0 Å². The van der Waals surface area contributed by atoms with E-state index in [9.17, 15) is 4.79 Å². The van der Waals surface area contributed by atoms with Crippen LogP contribution in [0.15, 0.2) is 12.3 Å². The number of carbonyl (C=O) groups excluding carboxylic acids is 1. The standard InChI is InChI=1S/C17H29N5O2/c1-3-8-22(9-4-2)17-19-6-5-15(20-17)16(23)18-7-10-21-11-13-24-14-12-21/h5-6H,3-4,7-14H2,1-2H3,(H,18,23). The molecule has 0 aromatic carbocycles. The van der Waals surface area contributed by atoms with Crippen LogP contribution in [-0.2, 0) is 4.74 Å². The zero-order valence-corrected chi connectivity index (χ0v) is 14.8. The summed E-state index contributed by atoms with van der Waals surface area (Å²) in [6.07, 6.45) is 3.72. The number of carbonyl (C=O) groups is 1. The van der Waals surface area contributed by atoms with Crippen molar-refractivity contribution in [3.05, 3.63) is 18.0 Å². The largest absolute Gasteiger partial charge is 0.379 e. The Morgan fingerprint density at radius 2 is 2.00 bits per heavy atom. The van der Waals surface area contributed by atoms with Gasteiger partial charge in [0.05, 0.1) is 13.2 Å². The van der Waals surface area contributed by atoms with Crippen molar-refractivity contribution in [3.63, 3.8) is 0 Å². The minimum absolute atomic E-state index is 0.139. The van der Waals surface area contributed by atoms with Gasteiger partial charge < -0.3 is 15.0 Å². The first-order valence-corrected chi connectivity index (χ1v) is 8.91. The Kier molecular flexibility index (Phi) is 7.91. The Labute approximate surface area is 144 Å². The molecule has 0 unspecified atom stereocenters. The summed E-state index contributed by atoms with van der Waals surface area (Å²) >= 11 is 0. The lowest BCUT2D eigenvalue weighted by Gasteiger charge is -2.26. The SMILES string of the molecule is CCCN(CCC)c1nccc(C(=O)NCCN2CCOCC2)n1. The number of nitrogens with one attached hydrogen (secondary N) is 1. The van der Waals surface area contributed by atoms with Gasteiger partial charge >= 0.3 is 0 Å². The second-order valence-corrected chi connectivity index (χ2v) is 5.94. The molecule has 7 nitrogen and oxygen atoms in total. The molecule has 2 heterocycles. The number of hydrogen-bond donors (Lipinski definition) is 1. The quantitative estimate of drug-likeness (QED) is 0.730. The fraction of sp³-hybridized carbons (Fsp3) is 0.706. The molecule has 1 aromatic rings. The van der Waals surface area contributed by atoms with Gasteiger partial charge in [-0.05, 0) is 18.9 Å². The minimum atomic E-state index is -0.139. The van der Waals surface area contributed by atoms with Crippen LogP contribution >= 0.6 is 0 Å². The molecule has 0 spiro atoms. The van der Waals surface area contributed by atoms with Crippen LogP contribution in [-0.4, -0.2) is 73.3 Å². The Morgan fingerprint density at radius 3 is 2.67 bits per heavy atom. The molecular formula is C17H29N5O2. The number of hydrogen-bond acceptors (Lipinski definition) is 6. The highest BCUT2D eigenvalue weighted by Gasteiger charge is 2.14. The molecular weight excluding hydrogens is 306 g/mol. The van der Waals surface area contributed by atoms with Crippen molar-refractivity contribution in [2.45, 2.75) is 26.7 Å². The third-order valence-electron chi connectivity index (χ3n) is 3.96. The normalized spacial score (nSPS) is 15.2. The van der Waals surface area contributed by atoms with Gasteiger partial charge in [0.1, 0.15) is 5.69 Å². The summed E-state index contributed by atoms with van der Waals surface area (Å²) in [6.45, 7) is 10.9. The van der Waals surface area contributed by atoms with Gasteiger partial charge in [-0.15, -0.1) is 0 Å². The third-order valence-corrected chi connectivity index (χ3v) is 3.96. The second kappa shape index (κ2) is 10.2. The summed E-state index contributed by atoms with van der Waals surface area (Å²) in [4.78, 5) is 25.5. The molecule has 1 saturated heterocycles. The summed E-state index contributed by atoms with van der Waals surface area (Å²) in [5.74, 6) is 0.499. The lowest BCUT2D eigenvalue weighted by molar-refractivity contribution is 0.0383. The van der Waals surface area contributed by atoms with E-state index in [1.807, 2.05) is 0 Å². The highest BCUT2D eigenvalue weighted by Crippen LogP contribution is 2.09. The zero-order chi connectivity index (χ0) is 17.2. The summed E-state index contributed by atoms with van der Waals surface area (Å²) in [5, 5.41) is 2.95. The fourth-order valence-corrected chi connectivity index (χ4v) is 2.72. The van der Waals surface area contributed by atoms with Crippen molar-refractivity contribution in [2.24, 2.45) is 0 Å². The van der Waals surface area contributed by atoms with Crippen molar-refractivity contribution < 1.29 is 9.53 Å². The molecule has 2 rings (SSSR count). The Morgan fingerprint density at radius 1 is 1.29 bits per heavy atom. The summed E-state index contributed by atoms with van der Waals surface area (Å²) in [7, 11) is 0. The van der Waals surface area contributed by atoms with Gasteiger partial charge in [-0.2, -0.15) is 0 Å². The van der Waals surface area contributed by atoms with Gasteiger partial charge in [0, 0.05) is 45.5 Å². The monoisotopic (exact) mass is 335 g/mol. The number of aromatic nitrogens is 2. The molecule has 0 bridgehead atoms. The predicted octanol–water partition coefficient (Wildman–Crippen LogP) is 1.17. The highest BCUT2D eigenvalue weighted by atomic mass is 16.5. The second-order valence-electron chi connectivity index (χ2n) is 5.94. The van der Waals surface area contributed by atoms with Crippen molar-refractivity contribution in [2.75, 3.05) is 57.4 Å². The van der Waals surface area contributed by atoms with Crippen LogP contribution in [0.1, 0.15) is 37.2 Å². The lowest BCUT2D eigenvalue weighted by atomic mass is 10.3. The van der Waals surface area contributed by atoms with E-state index in [1.165, 1.54) is 0 Å². The molecule has 1 N–H and O–H groups in total. The van der Waals surface area contributed by atoms with Crippen molar-refractivity contribution in [3.8, 4) is 0 Å². The minimum Gasteiger partial charge on any atom is -0.379 e. The summed E-state index contributed by atoms with van der Waals surface area (Å²) in [6, 6.07) is 1.67. The molecule has 24 heavy (non-hydrogen) atoms. The topological polar surface area (TPSA) is 70.6 Å². The Bertz CT molecular complexity index is 500. The van der Waals surface area contributed by atoms with Crippen LogP contribution in [0.5, 0.6) is 0 Å². The van der Waals surface area contributed by atoms with E-state index in [4.69, 9.17) is 4.74 Å². The van der Waals surface area contributed by atoms with Crippen LogP contribution in [0.4, 0.5) is 5.95 Å². The van der Waals surface area contributed by atoms with E-state index in [0.717, 1.165) is 58.8 Å². The number of morpholine rings is 1. The van der Waals surface area contributed by atoms with Gasteiger partial charge in [0.15, 0.2) is 0 Å². The molecule has 1 aliphatic heterocycles. The van der Waals surface area contributed by atoms with Crippen molar-refractivity contribution in [1.82, 2.24) is 20.2 Å². The molecule has 7 heteroatoms. The maximum atomic E-state index is 12.3. The van der Waals surface area contributed by atoms with Crippen LogP contribution < -0.4 is 10.2 Å². The molecule has 1 fully saturated rings. The van der Waals surface area contributed by atoms with Crippen LogP contribution in [0, 0.1) is 0 Å². The number of ether oxygens (including phenoxy) is 1. The average Bonchev–Trinajstić information content (AvgIpc) is 2.62. The van der Waals surface area contributed by atoms with Gasteiger partial charge in [0.2, 0.25) is 5.95 Å². The fourth-order valence-electron chi connectivity index (χ4n) is 2.72. The van der Waals surface area contributed by atoms with Crippen molar-refractivity contribution >= 4 is 11.9 Å². The van der Waals surface area contributed by atoms with Crippen LogP contribution in [0.2, 0.25) is 0 Å². The van der Waals surface area contributed by atoms with E-state index >= 15 is 0 Å². The number of amides is 1. The maximum absolute atomic E-state index is 12.3. The molecule has 1 aromatic heterocycles. The Hall–Kier alpha value is -1.73. The van der Waals surface area contributed by atoms with Gasteiger partial charge in [-0.3, -0.25) is 9.69 Å². The van der Waals surface area contributed by atoms with Gasteiger partial charge in [0.25, 0.3) is 5.91 Å². The lowest BCUT2D eigenvalue weighted by Crippen LogP contribution is -2.41. The summed E-state index contributed by atoms with van der Waals surface area (Å²) in [5.41, 5.74) is 0.430. The first-order chi connectivity index (χ1) is 11.7. The molecule has 0 atom stereocenters. The van der Waals surface area contributed by atoms with E-state index in [2.05, 4.69) is 38.9 Å².